The Bertz CT molecular complexity index is 1270. The Morgan fingerprint density at radius 2 is 1.45 bits per heavy atom. The van der Waals surface area contributed by atoms with Crippen LogP contribution in [0.15, 0.2) is 72.4 Å². The lowest BCUT2D eigenvalue weighted by molar-refractivity contribution is -0.120. The molecular formula is C28H27FN2O2. The molecule has 1 N–H and O–H groups in total. The molecule has 1 aliphatic heterocycles. The third-order valence-electron chi connectivity index (χ3n) is 5.83. The second-order valence-electron chi connectivity index (χ2n) is 9.44. The van der Waals surface area contributed by atoms with Crippen LogP contribution in [0.1, 0.15) is 43.0 Å². The number of benzene rings is 3. The first-order valence-corrected chi connectivity index (χ1v) is 10.9. The van der Waals surface area contributed by atoms with Crippen molar-refractivity contribution in [3.05, 3.63) is 100 Å². The van der Waals surface area contributed by atoms with Gasteiger partial charge >= 0.3 is 0 Å². The highest BCUT2D eigenvalue weighted by Gasteiger charge is 2.40. The summed E-state index contributed by atoms with van der Waals surface area (Å²) in [5.74, 6) is -1.28. The fraction of sp³-hybridized carbons (Fsp3) is 0.214. The summed E-state index contributed by atoms with van der Waals surface area (Å²) in [4.78, 5) is 28.3. The normalized spacial score (nSPS) is 14.3. The average molecular weight is 443 g/mol. The van der Waals surface area contributed by atoms with Gasteiger partial charge in [-0.25, -0.2) is 9.29 Å². The van der Waals surface area contributed by atoms with Gasteiger partial charge in [-0.3, -0.25) is 9.59 Å². The van der Waals surface area contributed by atoms with Gasteiger partial charge in [0.15, 0.2) is 0 Å². The summed E-state index contributed by atoms with van der Waals surface area (Å²) >= 11 is 0. The second kappa shape index (κ2) is 8.32. The number of aryl methyl sites for hydroxylation is 2. The molecule has 0 aliphatic carbocycles. The fourth-order valence-electron chi connectivity index (χ4n) is 4.00. The number of hydrogen-bond acceptors (Lipinski definition) is 3. The third kappa shape index (κ3) is 4.31. The first-order chi connectivity index (χ1) is 15.6. The zero-order valence-corrected chi connectivity index (χ0v) is 19.5. The topological polar surface area (TPSA) is 49.4 Å². The predicted octanol–water partition coefficient (Wildman–Crippen LogP) is 6.14. The third-order valence-corrected chi connectivity index (χ3v) is 5.83. The molecule has 0 atom stereocenters. The van der Waals surface area contributed by atoms with Crippen LogP contribution in [0.2, 0.25) is 0 Å². The molecule has 1 aliphatic rings. The molecule has 0 saturated carbocycles. The molecule has 3 aromatic rings. The number of nitrogens with zero attached hydrogens (tertiary/aromatic N) is 1. The van der Waals surface area contributed by atoms with E-state index in [1.165, 1.54) is 29.2 Å². The highest BCUT2D eigenvalue weighted by atomic mass is 19.1. The Morgan fingerprint density at radius 3 is 2.03 bits per heavy atom. The van der Waals surface area contributed by atoms with E-state index in [-0.39, 0.29) is 16.7 Å². The Morgan fingerprint density at radius 1 is 0.818 bits per heavy atom. The van der Waals surface area contributed by atoms with Gasteiger partial charge in [0.1, 0.15) is 11.5 Å². The lowest BCUT2D eigenvalue weighted by Gasteiger charge is -2.20. The van der Waals surface area contributed by atoms with Gasteiger partial charge in [0.2, 0.25) is 0 Å². The standard InChI is InChI=1S/C28H27FN2O2/c1-17-6-15-23(18(2)16-17)31-26(32)24(19-7-11-21(29)12-8-19)25(27(31)33)30-22-13-9-20(10-14-22)28(3,4)5/h6-16,30H,1-5H3. The van der Waals surface area contributed by atoms with Gasteiger partial charge < -0.3 is 5.32 Å². The van der Waals surface area contributed by atoms with E-state index in [4.69, 9.17) is 0 Å². The van der Waals surface area contributed by atoms with Gasteiger partial charge in [0.05, 0.1) is 11.3 Å². The Hall–Kier alpha value is -3.73. The summed E-state index contributed by atoms with van der Waals surface area (Å²) in [7, 11) is 0. The average Bonchev–Trinajstić information content (AvgIpc) is 2.98. The van der Waals surface area contributed by atoms with Crippen LogP contribution < -0.4 is 10.2 Å². The lowest BCUT2D eigenvalue weighted by Crippen LogP contribution is -2.33. The van der Waals surface area contributed by atoms with Gasteiger partial charge in [-0.05, 0) is 66.3 Å². The summed E-state index contributed by atoms with van der Waals surface area (Å²) in [6.07, 6.45) is 0. The van der Waals surface area contributed by atoms with Crippen LogP contribution in [0.4, 0.5) is 15.8 Å². The summed E-state index contributed by atoms with van der Waals surface area (Å²) in [5.41, 5.74) is 5.13. The predicted molar refractivity (Wildman–Crippen MR) is 130 cm³/mol. The molecule has 3 aromatic carbocycles. The smallest absolute Gasteiger partial charge is 0.282 e. The van der Waals surface area contributed by atoms with Gasteiger partial charge in [0.25, 0.3) is 11.8 Å². The Kier molecular flexibility index (Phi) is 5.66. The van der Waals surface area contributed by atoms with Crippen molar-refractivity contribution in [2.75, 3.05) is 10.2 Å². The van der Waals surface area contributed by atoms with Crippen molar-refractivity contribution < 1.29 is 14.0 Å². The molecule has 0 fully saturated rings. The molecule has 4 nitrogen and oxygen atoms in total. The number of imide groups is 1. The number of hydrogen-bond donors (Lipinski definition) is 1. The molecule has 1 heterocycles. The van der Waals surface area contributed by atoms with Crippen molar-refractivity contribution >= 4 is 28.8 Å². The van der Waals surface area contributed by atoms with Crippen LogP contribution in [-0.2, 0) is 15.0 Å². The summed E-state index contributed by atoms with van der Waals surface area (Å²) < 4.78 is 13.6. The fourth-order valence-corrected chi connectivity index (χ4v) is 4.00. The number of rotatable bonds is 4. The first kappa shape index (κ1) is 22.5. The monoisotopic (exact) mass is 442 g/mol. The molecule has 33 heavy (non-hydrogen) atoms. The SMILES string of the molecule is Cc1ccc(N2C(=O)C(Nc3ccc(C(C)(C)C)cc3)=C(c3ccc(F)cc3)C2=O)c(C)c1. The van der Waals surface area contributed by atoms with E-state index < -0.39 is 17.6 Å². The minimum atomic E-state index is -0.439. The molecule has 0 unspecified atom stereocenters. The van der Waals surface area contributed by atoms with Crippen molar-refractivity contribution in [1.29, 1.82) is 0 Å². The maximum absolute atomic E-state index is 13.6. The molecule has 168 valence electrons. The zero-order chi connectivity index (χ0) is 23.9. The van der Waals surface area contributed by atoms with E-state index >= 15 is 0 Å². The van der Waals surface area contributed by atoms with Gasteiger partial charge in [-0.1, -0.05) is 62.7 Å². The van der Waals surface area contributed by atoms with E-state index in [2.05, 4.69) is 26.1 Å². The molecule has 2 amide bonds. The highest BCUT2D eigenvalue weighted by Crippen LogP contribution is 2.35. The maximum atomic E-state index is 13.6. The van der Waals surface area contributed by atoms with Crippen LogP contribution in [0.5, 0.6) is 0 Å². The molecular weight excluding hydrogens is 415 g/mol. The lowest BCUT2D eigenvalue weighted by atomic mass is 9.87. The van der Waals surface area contributed by atoms with Crippen molar-refractivity contribution in [3.8, 4) is 0 Å². The van der Waals surface area contributed by atoms with E-state index in [0.29, 0.717) is 16.9 Å². The Labute approximate surface area is 193 Å². The molecule has 0 bridgehead atoms. The van der Waals surface area contributed by atoms with E-state index in [0.717, 1.165) is 16.7 Å². The second-order valence-corrected chi connectivity index (χ2v) is 9.44. The van der Waals surface area contributed by atoms with Gasteiger partial charge in [-0.15, -0.1) is 0 Å². The number of carbonyl (C=O) groups is 2. The Balaban J connectivity index is 1.79. The van der Waals surface area contributed by atoms with Gasteiger partial charge in [-0.2, -0.15) is 0 Å². The van der Waals surface area contributed by atoms with Crippen LogP contribution in [0, 0.1) is 19.7 Å². The highest BCUT2D eigenvalue weighted by molar-refractivity contribution is 6.46. The minimum Gasteiger partial charge on any atom is -0.350 e. The van der Waals surface area contributed by atoms with Crippen molar-refractivity contribution in [2.45, 2.75) is 40.0 Å². The van der Waals surface area contributed by atoms with Gasteiger partial charge in [0, 0.05) is 5.69 Å². The summed E-state index contributed by atoms with van der Waals surface area (Å²) in [5, 5.41) is 3.17. The van der Waals surface area contributed by atoms with Crippen molar-refractivity contribution in [2.24, 2.45) is 0 Å². The minimum absolute atomic E-state index is 0.00399. The van der Waals surface area contributed by atoms with Crippen molar-refractivity contribution in [3.63, 3.8) is 0 Å². The quantitative estimate of drug-likeness (QED) is 0.494. The summed E-state index contributed by atoms with van der Waals surface area (Å²) in [6.45, 7) is 10.2. The number of anilines is 2. The molecule has 0 saturated heterocycles. The van der Waals surface area contributed by atoms with Crippen LogP contribution >= 0.6 is 0 Å². The number of carbonyl (C=O) groups excluding carboxylic acids is 2. The van der Waals surface area contributed by atoms with Crippen molar-refractivity contribution in [1.82, 2.24) is 0 Å². The van der Waals surface area contributed by atoms with Crippen LogP contribution in [0.25, 0.3) is 5.57 Å². The molecule has 0 spiro atoms. The molecule has 5 heteroatoms. The van der Waals surface area contributed by atoms with Crippen LogP contribution in [-0.4, -0.2) is 11.8 Å². The molecule has 0 aromatic heterocycles. The molecule has 4 rings (SSSR count). The largest absolute Gasteiger partial charge is 0.350 e. The number of halogens is 1. The van der Waals surface area contributed by atoms with E-state index in [1.54, 1.807) is 6.07 Å². The number of nitrogens with one attached hydrogen (secondary N) is 1. The zero-order valence-electron chi connectivity index (χ0n) is 19.5. The molecule has 0 radical (unpaired) electrons. The summed E-state index contributed by atoms with van der Waals surface area (Å²) in [6, 6.07) is 19.0. The van der Waals surface area contributed by atoms with Crippen LogP contribution in [0.3, 0.4) is 0 Å². The van der Waals surface area contributed by atoms with E-state index in [9.17, 15) is 14.0 Å². The first-order valence-electron chi connectivity index (χ1n) is 10.9. The number of amides is 2. The van der Waals surface area contributed by atoms with E-state index in [1.807, 2.05) is 50.2 Å². The maximum Gasteiger partial charge on any atom is 0.282 e.